The van der Waals surface area contributed by atoms with E-state index in [1.165, 1.54) is 104 Å². The molecular weight excluding hydrogens is 524 g/mol. The number of benzene rings is 7. The summed E-state index contributed by atoms with van der Waals surface area (Å²) in [6, 6.07) is 33.5. The monoisotopic (exact) mass is 554 g/mol. The maximum atomic E-state index is 6.89. The second kappa shape index (κ2) is 9.79. The van der Waals surface area contributed by atoms with Gasteiger partial charge in [-0.2, -0.15) is 0 Å². The maximum absolute atomic E-state index is 6.89. The first-order valence-corrected chi connectivity index (χ1v) is 15.6. The molecule has 0 aliphatic carbocycles. The van der Waals surface area contributed by atoms with Gasteiger partial charge in [-0.05, 0) is 54.6 Å². The van der Waals surface area contributed by atoms with E-state index < -0.39 is 0 Å². The molecular formula is C36H29B7O. The molecule has 0 saturated heterocycles. The topological polar surface area (TPSA) is 13.1 Å². The van der Waals surface area contributed by atoms with Crippen molar-refractivity contribution in [2.75, 3.05) is 0 Å². The van der Waals surface area contributed by atoms with Gasteiger partial charge in [0.15, 0.2) is 0 Å². The molecule has 0 radical (unpaired) electrons. The predicted molar refractivity (Wildman–Crippen MR) is 214 cm³/mol. The molecule has 0 saturated carbocycles. The largest absolute Gasteiger partial charge is 0.457 e. The fourth-order valence-electron chi connectivity index (χ4n) is 7.75. The van der Waals surface area contributed by atoms with Gasteiger partial charge in [0.2, 0.25) is 0 Å². The molecule has 8 aromatic rings. The minimum Gasteiger partial charge on any atom is -0.457 e. The van der Waals surface area contributed by atoms with Gasteiger partial charge >= 0.3 is 0 Å². The summed E-state index contributed by atoms with van der Waals surface area (Å²) in [6.45, 7) is 0. The van der Waals surface area contributed by atoms with Crippen molar-refractivity contribution in [2.24, 2.45) is 0 Å². The van der Waals surface area contributed by atoms with Crippen molar-refractivity contribution in [2.45, 2.75) is 0 Å². The van der Waals surface area contributed by atoms with Crippen LogP contribution in [0.3, 0.4) is 0 Å². The van der Waals surface area contributed by atoms with Crippen molar-refractivity contribution in [1.82, 2.24) is 0 Å². The van der Waals surface area contributed by atoms with Crippen molar-refractivity contribution in [3.63, 3.8) is 0 Å². The first-order chi connectivity index (χ1) is 21.3. The highest BCUT2D eigenvalue weighted by molar-refractivity contribution is 6.69. The van der Waals surface area contributed by atoms with Crippen LogP contribution < -0.4 is 38.2 Å². The Morgan fingerprint density at radius 3 is 1.41 bits per heavy atom. The lowest BCUT2D eigenvalue weighted by Gasteiger charge is -2.22. The first-order valence-electron chi connectivity index (χ1n) is 15.6. The molecule has 0 spiro atoms. The minimum atomic E-state index is 1.01. The van der Waals surface area contributed by atoms with Gasteiger partial charge in [-0.25, -0.2) is 0 Å². The van der Waals surface area contributed by atoms with Crippen LogP contribution in [0.4, 0.5) is 0 Å². The highest BCUT2D eigenvalue weighted by Crippen LogP contribution is 2.46. The maximum Gasteiger partial charge on any atom is 0.143 e. The summed E-state index contributed by atoms with van der Waals surface area (Å²) in [6.07, 6.45) is 0. The predicted octanol–water partition coefficient (Wildman–Crippen LogP) is -1.81. The summed E-state index contributed by atoms with van der Waals surface area (Å²) in [5, 5.41) is 10.1. The summed E-state index contributed by atoms with van der Waals surface area (Å²) >= 11 is 0. The normalized spacial score (nSPS) is 11.8. The van der Waals surface area contributed by atoms with Gasteiger partial charge in [-0.3, -0.25) is 0 Å². The van der Waals surface area contributed by atoms with E-state index in [2.05, 4.69) is 146 Å². The average Bonchev–Trinajstić information content (AvgIpc) is 3.45. The van der Waals surface area contributed by atoms with E-state index in [4.69, 9.17) is 4.42 Å². The molecule has 0 N–H and O–H groups in total. The standard InChI is InChI=1S/C36H29B7O/c37-28-25(26-27-29(38)30(39)32(41)34(43)36(27)44-35(26)33(42)31(28)40)24-21-13-5-3-11-19(21)23(20-12-4-6-14-22(20)24)18-15-7-9-16-8-1-2-10-17(16)18/h1-15H,37-43H2. The molecule has 0 aliphatic heterocycles. The van der Waals surface area contributed by atoms with Gasteiger partial charge in [-0.15, -0.1) is 5.46 Å². The smallest absolute Gasteiger partial charge is 0.143 e. The molecule has 0 unspecified atom stereocenters. The second-order valence-corrected chi connectivity index (χ2v) is 12.6. The molecule has 0 aliphatic rings. The molecule has 0 fully saturated rings. The quantitative estimate of drug-likeness (QED) is 0.182. The third-order valence-corrected chi connectivity index (χ3v) is 10.6. The third-order valence-electron chi connectivity index (χ3n) is 10.6. The van der Waals surface area contributed by atoms with Crippen LogP contribution in [0.5, 0.6) is 0 Å². The SMILES string of the molecule is Bc1c(B)c(B)c2c(oc3c(B)c(B)c(B)c(-c4c5ccccc5c(-c5cccc6ccccc56)c5ccccc45)c32)c1B. The highest BCUT2D eigenvalue weighted by Gasteiger charge is 2.26. The number of hydrogen-bond acceptors (Lipinski definition) is 1. The van der Waals surface area contributed by atoms with Crippen molar-refractivity contribution in [1.29, 1.82) is 0 Å². The summed E-state index contributed by atoms with van der Waals surface area (Å²) in [5.74, 6) is 0. The lowest BCUT2D eigenvalue weighted by molar-refractivity contribution is 0.675. The van der Waals surface area contributed by atoms with E-state index in [0.717, 1.165) is 11.2 Å². The molecule has 44 heavy (non-hydrogen) atoms. The summed E-state index contributed by atoms with van der Waals surface area (Å²) in [5.41, 5.74) is 16.3. The summed E-state index contributed by atoms with van der Waals surface area (Å²) in [7, 11) is 15.8. The molecule has 1 aromatic heterocycles. The van der Waals surface area contributed by atoms with Gasteiger partial charge in [0.05, 0.1) is 0 Å². The van der Waals surface area contributed by atoms with Gasteiger partial charge in [-0.1, -0.05) is 124 Å². The number of furan rings is 1. The van der Waals surface area contributed by atoms with E-state index >= 15 is 0 Å². The lowest BCUT2D eigenvalue weighted by Crippen LogP contribution is -2.47. The van der Waals surface area contributed by atoms with E-state index in [1.54, 1.807) is 0 Å². The number of hydrogen-bond donors (Lipinski definition) is 0. The van der Waals surface area contributed by atoms with Crippen LogP contribution in [0.25, 0.3) is 76.5 Å². The minimum absolute atomic E-state index is 1.01. The fraction of sp³-hybridized carbons (Fsp3) is 0. The van der Waals surface area contributed by atoms with Crippen LogP contribution in [0.2, 0.25) is 0 Å². The lowest BCUT2D eigenvalue weighted by atomic mass is 9.64. The Bertz CT molecular complexity index is 2470. The molecule has 0 amide bonds. The van der Waals surface area contributed by atoms with E-state index in [1.807, 2.05) is 0 Å². The van der Waals surface area contributed by atoms with Crippen LogP contribution in [-0.2, 0) is 0 Å². The van der Waals surface area contributed by atoms with Crippen molar-refractivity contribution in [3.05, 3.63) is 91.0 Å². The van der Waals surface area contributed by atoms with Crippen LogP contribution in [0.15, 0.2) is 95.4 Å². The Labute approximate surface area is 264 Å². The molecule has 8 heteroatoms. The van der Waals surface area contributed by atoms with Crippen LogP contribution >= 0.6 is 0 Å². The van der Waals surface area contributed by atoms with Gasteiger partial charge in [0.25, 0.3) is 0 Å². The molecule has 0 bridgehead atoms. The van der Waals surface area contributed by atoms with E-state index in [9.17, 15) is 0 Å². The van der Waals surface area contributed by atoms with E-state index in [0.29, 0.717) is 0 Å². The molecule has 1 nitrogen and oxygen atoms in total. The Balaban J connectivity index is 1.64. The molecule has 8 rings (SSSR count). The van der Waals surface area contributed by atoms with E-state index in [-0.39, 0.29) is 0 Å². The zero-order chi connectivity index (χ0) is 30.4. The van der Waals surface area contributed by atoms with Gasteiger partial charge < -0.3 is 4.42 Å². The fourth-order valence-corrected chi connectivity index (χ4v) is 7.75. The van der Waals surface area contributed by atoms with Crippen LogP contribution in [0.1, 0.15) is 0 Å². The summed E-state index contributed by atoms with van der Waals surface area (Å²) < 4.78 is 6.89. The average molecular weight is 553 g/mol. The second-order valence-electron chi connectivity index (χ2n) is 12.6. The molecule has 0 atom stereocenters. The number of rotatable bonds is 2. The first kappa shape index (κ1) is 27.1. The Hall–Kier alpha value is -4.43. The van der Waals surface area contributed by atoms with Crippen LogP contribution in [0, 0.1) is 0 Å². The van der Waals surface area contributed by atoms with Crippen molar-refractivity contribution < 1.29 is 4.42 Å². The molecule has 1 heterocycles. The van der Waals surface area contributed by atoms with Crippen molar-refractivity contribution in [3.8, 4) is 22.3 Å². The highest BCUT2D eigenvalue weighted by atomic mass is 16.3. The number of fused-ring (bicyclic) bond motifs is 6. The van der Waals surface area contributed by atoms with Gasteiger partial charge in [0.1, 0.15) is 66.1 Å². The third kappa shape index (κ3) is 3.57. The summed E-state index contributed by atoms with van der Waals surface area (Å²) in [4.78, 5) is 0. The molecule has 7 aromatic carbocycles. The van der Waals surface area contributed by atoms with Gasteiger partial charge in [0, 0.05) is 10.8 Å². The van der Waals surface area contributed by atoms with Crippen molar-refractivity contribution >= 4 is 147 Å². The Kier molecular flexibility index (Phi) is 6.04. The Morgan fingerprint density at radius 1 is 0.341 bits per heavy atom. The zero-order valence-electron chi connectivity index (χ0n) is 26.6. The Morgan fingerprint density at radius 2 is 0.795 bits per heavy atom. The zero-order valence-corrected chi connectivity index (χ0v) is 26.6. The van der Waals surface area contributed by atoms with Crippen LogP contribution in [-0.4, -0.2) is 54.9 Å². The molecule has 200 valence electrons.